The summed E-state index contributed by atoms with van der Waals surface area (Å²) in [7, 11) is -3.21. The molecule has 11 heteroatoms. The number of carbonyl (C=O) groups is 1. The maximum atomic E-state index is 12.5. The molecule has 7 aromatic carbocycles. The summed E-state index contributed by atoms with van der Waals surface area (Å²) in [6.45, 7) is 0.389. The quantitative estimate of drug-likeness (QED) is 0.0774. The fourth-order valence-electron chi connectivity index (χ4n) is 6.98. The number of ether oxygens (including phenoxy) is 1. The number of fused-ring (bicyclic) bond motifs is 6. The predicted molar refractivity (Wildman–Crippen MR) is 207 cm³/mol. The Bertz CT molecular complexity index is 2780. The van der Waals surface area contributed by atoms with Crippen molar-refractivity contribution in [1.82, 2.24) is 0 Å². The zero-order chi connectivity index (χ0) is 36.6. The second-order valence-electron chi connectivity index (χ2n) is 12.8. The number of benzene rings is 7. The molecule has 53 heavy (non-hydrogen) atoms. The fourth-order valence-corrected chi connectivity index (χ4v) is 6.98. The van der Waals surface area contributed by atoms with Crippen LogP contribution >= 0.6 is 0 Å². The van der Waals surface area contributed by atoms with Crippen LogP contribution in [0, 0.1) is 0 Å². The molecule has 8 aromatic rings. The molecule has 0 saturated carbocycles. The molecule has 0 amide bonds. The number of carboxylic acid groups (broad SMARTS) is 1. The number of carboxylic acids is 1. The number of nitrogens with zero attached hydrogens (tertiary/aromatic N) is 1. The lowest BCUT2D eigenvalue weighted by Gasteiger charge is -2.16. The lowest BCUT2D eigenvalue weighted by molar-refractivity contribution is 0.0697. The van der Waals surface area contributed by atoms with E-state index in [0.717, 1.165) is 37.9 Å². The van der Waals surface area contributed by atoms with Gasteiger partial charge < -0.3 is 34.4 Å². The van der Waals surface area contributed by atoms with E-state index < -0.39 is 20.2 Å². The highest BCUT2D eigenvalue weighted by molar-refractivity contribution is 6.59. The zero-order valence-electron chi connectivity index (χ0n) is 28.2. The molecule has 0 saturated heterocycles. The Balaban J connectivity index is 1.29. The molecule has 0 bridgehead atoms. The van der Waals surface area contributed by atoms with Gasteiger partial charge in [0.15, 0.2) is 0 Å². The highest BCUT2D eigenvalue weighted by Crippen LogP contribution is 2.43. The lowest BCUT2D eigenvalue weighted by atomic mass is 9.77. The lowest BCUT2D eigenvalue weighted by Crippen LogP contribution is -2.33. The van der Waals surface area contributed by atoms with Gasteiger partial charge >= 0.3 is 20.2 Å². The molecule has 5 N–H and O–H groups in total. The smallest absolute Gasteiger partial charge is 0.488 e. The zero-order valence-corrected chi connectivity index (χ0v) is 28.2. The van der Waals surface area contributed by atoms with Crippen molar-refractivity contribution in [3.8, 4) is 16.9 Å². The van der Waals surface area contributed by atoms with Crippen LogP contribution in [0.25, 0.3) is 54.6 Å². The maximum Gasteiger partial charge on any atom is 0.488 e. The van der Waals surface area contributed by atoms with Gasteiger partial charge in [0, 0.05) is 27.1 Å². The van der Waals surface area contributed by atoms with Gasteiger partial charge in [0.25, 0.3) is 0 Å². The van der Waals surface area contributed by atoms with Crippen LogP contribution in [0.1, 0.15) is 21.5 Å². The molecule has 1 heterocycles. The van der Waals surface area contributed by atoms with E-state index in [1.807, 2.05) is 91.0 Å². The number of rotatable bonds is 9. The van der Waals surface area contributed by atoms with E-state index in [1.165, 1.54) is 0 Å². The first-order valence-corrected chi connectivity index (χ1v) is 17.0. The Morgan fingerprint density at radius 3 is 1.87 bits per heavy atom. The third kappa shape index (κ3) is 6.43. The van der Waals surface area contributed by atoms with Crippen LogP contribution in [0.2, 0.25) is 0 Å². The molecule has 8 rings (SSSR count). The number of aromatic carboxylic acids is 1. The van der Waals surface area contributed by atoms with Crippen molar-refractivity contribution in [2.24, 2.45) is 4.99 Å². The summed E-state index contributed by atoms with van der Waals surface area (Å²) in [6.07, 6.45) is 0. The van der Waals surface area contributed by atoms with E-state index in [2.05, 4.69) is 0 Å². The molecule has 0 spiro atoms. The molecular weight excluding hydrogens is 668 g/mol. The van der Waals surface area contributed by atoms with Crippen LogP contribution in [0.15, 0.2) is 143 Å². The Hall–Kier alpha value is -6.23. The molecular formula is C42H31B2NO8. The Kier molecular flexibility index (Phi) is 8.99. The van der Waals surface area contributed by atoms with Crippen molar-refractivity contribution in [3.05, 3.63) is 156 Å². The van der Waals surface area contributed by atoms with Gasteiger partial charge in [0.05, 0.1) is 17.5 Å². The summed E-state index contributed by atoms with van der Waals surface area (Å²) in [6, 6.07) is 40.2. The minimum absolute atomic E-state index is 0.133. The molecule has 1 aromatic heterocycles. The van der Waals surface area contributed by atoms with E-state index in [0.29, 0.717) is 49.9 Å². The van der Waals surface area contributed by atoms with Gasteiger partial charge in [-0.1, -0.05) is 78.9 Å². The minimum atomic E-state index is -1.61. The molecule has 0 aliphatic rings. The molecule has 0 aliphatic heterocycles. The summed E-state index contributed by atoms with van der Waals surface area (Å²) in [5.41, 5.74) is 4.75. The molecule has 0 radical (unpaired) electrons. The summed E-state index contributed by atoms with van der Waals surface area (Å²) >= 11 is 0. The van der Waals surface area contributed by atoms with Gasteiger partial charge in [0.1, 0.15) is 23.5 Å². The third-order valence-electron chi connectivity index (χ3n) is 9.56. The largest absolute Gasteiger partial charge is 0.489 e. The van der Waals surface area contributed by atoms with Gasteiger partial charge in [-0.25, -0.2) is 4.79 Å². The average molecular weight is 699 g/mol. The summed E-state index contributed by atoms with van der Waals surface area (Å²) in [5.74, 6) is -0.461. The van der Waals surface area contributed by atoms with Crippen molar-refractivity contribution >= 4 is 74.6 Å². The first-order chi connectivity index (χ1) is 25.8. The van der Waals surface area contributed by atoms with E-state index in [4.69, 9.17) is 14.1 Å². The van der Waals surface area contributed by atoms with Crippen molar-refractivity contribution < 1.29 is 39.2 Å². The predicted octanol–water partition coefficient (Wildman–Crippen LogP) is 5.30. The van der Waals surface area contributed by atoms with Crippen LogP contribution in [0.5, 0.6) is 5.75 Å². The third-order valence-corrected chi connectivity index (χ3v) is 9.56. The van der Waals surface area contributed by atoms with E-state index in [1.54, 1.807) is 42.5 Å². The van der Waals surface area contributed by atoms with Crippen molar-refractivity contribution in [2.75, 3.05) is 0 Å². The normalized spacial score (nSPS) is 11.8. The first-order valence-electron chi connectivity index (χ1n) is 17.0. The van der Waals surface area contributed by atoms with Crippen molar-refractivity contribution in [1.29, 1.82) is 0 Å². The van der Waals surface area contributed by atoms with Gasteiger partial charge in [-0.05, 0) is 93.0 Å². The highest BCUT2D eigenvalue weighted by atomic mass is 16.5. The minimum Gasteiger partial charge on any atom is -0.489 e. The van der Waals surface area contributed by atoms with Crippen LogP contribution in [0.3, 0.4) is 0 Å². The Labute approximate surface area is 303 Å². The summed E-state index contributed by atoms with van der Waals surface area (Å²) < 4.78 is 12.9. The summed E-state index contributed by atoms with van der Waals surface area (Å²) in [4.78, 5) is 17.2. The number of hydrogen-bond acceptors (Lipinski definition) is 8. The van der Waals surface area contributed by atoms with E-state index in [9.17, 15) is 30.0 Å². The fraction of sp³-hybridized carbons (Fsp3) is 0.0476. The Morgan fingerprint density at radius 2 is 1.19 bits per heavy atom. The summed E-state index contributed by atoms with van der Waals surface area (Å²) in [5, 5.41) is 54.9. The molecule has 0 aliphatic carbocycles. The maximum absolute atomic E-state index is 12.5. The average Bonchev–Trinajstić information content (AvgIpc) is 3.18. The topological polar surface area (TPSA) is 153 Å². The van der Waals surface area contributed by atoms with Gasteiger partial charge in [-0.2, -0.15) is 0 Å². The standard InChI is InChI=1S/C42H31B2NO8/c46-42(47)34-10-4-3-9-33(34)39-35-17-13-25-21-29(45-23-27-7-1-5-11-37(27)43(48)49)15-19-31(25)40(35)53-41-32-20-16-30(22-26(32)14-18-36(39)41)52-24-28-8-2-6-12-38(28)44(50)51/h1-22,48-51H,23-24H2,(H,46,47). The van der Waals surface area contributed by atoms with Crippen LogP contribution in [-0.2, 0) is 13.2 Å². The van der Waals surface area contributed by atoms with Gasteiger partial charge in [0.2, 0.25) is 0 Å². The first kappa shape index (κ1) is 33.9. The van der Waals surface area contributed by atoms with Crippen LogP contribution < -0.4 is 21.0 Å². The highest BCUT2D eigenvalue weighted by Gasteiger charge is 2.21. The monoisotopic (exact) mass is 699 g/mol. The van der Waals surface area contributed by atoms with Gasteiger partial charge in [-0.15, -0.1) is 0 Å². The second-order valence-corrected chi connectivity index (χ2v) is 12.8. The second kappa shape index (κ2) is 14.1. The van der Waals surface area contributed by atoms with Gasteiger partial charge in [-0.3, -0.25) is 4.99 Å². The number of hydrogen-bond donors (Lipinski definition) is 5. The van der Waals surface area contributed by atoms with Crippen LogP contribution in [-0.4, -0.2) is 45.4 Å². The molecule has 0 fully saturated rings. The molecule has 9 nitrogen and oxygen atoms in total. The van der Waals surface area contributed by atoms with E-state index in [-0.39, 0.29) is 18.7 Å². The molecule has 0 atom stereocenters. The molecule has 258 valence electrons. The molecule has 0 unspecified atom stereocenters. The van der Waals surface area contributed by atoms with E-state index >= 15 is 0 Å². The Morgan fingerprint density at radius 1 is 0.623 bits per heavy atom. The van der Waals surface area contributed by atoms with Crippen molar-refractivity contribution in [2.45, 2.75) is 13.2 Å². The van der Waals surface area contributed by atoms with Crippen LogP contribution in [0.4, 0.5) is 0 Å². The van der Waals surface area contributed by atoms with Crippen molar-refractivity contribution in [3.63, 3.8) is 0 Å². The SMILES string of the molecule is O=C(O)c1ccccc1-c1c2ccc3cc(OCc4ccccc4B(O)O)ccc3c2oc2c1ccc1cc(=NCc3ccccc3B(O)O)ccc12.